The highest BCUT2D eigenvalue weighted by atomic mass is 32.2. The van der Waals surface area contributed by atoms with Crippen LogP contribution in [0, 0.1) is 11.3 Å². The van der Waals surface area contributed by atoms with Gasteiger partial charge in [0.25, 0.3) is 0 Å². The fourth-order valence-corrected chi connectivity index (χ4v) is 2.24. The SMILES string of the molecule is N#CC(/N=N/c1ccc(S(N)(=O)=O)cc1)C(=O)c1ccccc1. The van der Waals surface area contributed by atoms with Crippen molar-refractivity contribution in [2.24, 2.45) is 15.4 Å². The van der Waals surface area contributed by atoms with Gasteiger partial charge in [0.05, 0.1) is 16.7 Å². The van der Waals surface area contributed by atoms with Crippen LogP contribution in [0.1, 0.15) is 10.4 Å². The van der Waals surface area contributed by atoms with Crippen molar-refractivity contribution < 1.29 is 13.2 Å². The monoisotopic (exact) mass is 328 g/mol. The third-order valence-electron chi connectivity index (χ3n) is 2.88. The van der Waals surface area contributed by atoms with Crippen molar-refractivity contribution in [3.8, 4) is 6.07 Å². The van der Waals surface area contributed by atoms with Crippen LogP contribution in [0.5, 0.6) is 0 Å². The third kappa shape index (κ3) is 4.29. The minimum atomic E-state index is -3.78. The number of benzene rings is 2. The molecule has 1 unspecified atom stereocenters. The second kappa shape index (κ2) is 6.91. The van der Waals surface area contributed by atoms with Crippen molar-refractivity contribution in [2.75, 3.05) is 0 Å². The molecule has 2 rings (SSSR count). The van der Waals surface area contributed by atoms with Gasteiger partial charge in [-0.05, 0) is 24.3 Å². The van der Waals surface area contributed by atoms with Gasteiger partial charge in [0, 0.05) is 5.56 Å². The lowest BCUT2D eigenvalue weighted by Gasteiger charge is -2.02. The predicted octanol–water partition coefficient (Wildman–Crippen LogP) is 2.19. The highest BCUT2D eigenvalue weighted by molar-refractivity contribution is 7.89. The van der Waals surface area contributed by atoms with Crippen LogP contribution in [-0.2, 0) is 10.0 Å². The topological polar surface area (TPSA) is 126 Å². The van der Waals surface area contributed by atoms with Crippen LogP contribution in [0.15, 0.2) is 69.7 Å². The Morgan fingerprint density at radius 1 is 1.09 bits per heavy atom. The number of Topliss-reactive ketones (excluding diaryl/α,β-unsaturated/α-hetero) is 1. The molecular weight excluding hydrogens is 316 g/mol. The molecule has 2 N–H and O–H groups in total. The van der Waals surface area contributed by atoms with Crippen LogP contribution >= 0.6 is 0 Å². The van der Waals surface area contributed by atoms with Gasteiger partial charge in [-0.15, -0.1) is 0 Å². The van der Waals surface area contributed by atoms with E-state index in [0.29, 0.717) is 11.3 Å². The number of carbonyl (C=O) groups excluding carboxylic acids is 1. The molecule has 0 saturated carbocycles. The molecule has 0 bridgehead atoms. The average molecular weight is 328 g/mol. The number of nitriles is 1. The van der Waals surface area contributed by atoms with E-state index in [-0.39, 0.29) is 4.90 Å². The Morgan fingerprint density at radius 2 is 1.70 bits per heavy atom. The number of hydrogen-bond acceptors (Lipinski definition) is 6. The Morgan fingerprint density at radius 3 is 2.22 bits per heavy atom. The van der Waals surface area contributed by atoms with Crippen LogP contribution in [-0.4, -0.2) is 20.2 Å². The molecule has 2 aromatic carbocycles. The zero-order valence-corrected chi connectivity index (χ0v) is 12.6. The molecule has 1 atom stereocenters. The van der Waals surface area contributed by atoms with E-state index < -0.39 is 21.8 Å². The summed E-state index contributed by atoms with van der Waals surface area (Å²) in [6.45, 7) is 0. The summed E-state index contributed by atoms with van der Waals surface area (Å²) in [4.78, 5) is 12.0. The van der Waals surface area contributed by atoms with Gasteiger partial charge >= 0.3 is 0 Å². The second-order valence-corrected chi connectivity index (χ2v) is 6.08. The number of nitrogens with two attached hydrogens (primary N) is 1. The number of sulfonamides is 1. The lowest BCUT2D eigenvalue weighted by molar-refractivity contribution is 0.0979. The summed E-state index contributed by atoms with van der Waals surface area (Å²) in [6, 6.07) is 14.1. The molecule has 0 aliphatic carbocycles. The normalized spacial score (nSPS) is 12.7. The van der Waals surface area contributed by atoms with E-state index in [1.807, 2.05) is 0 Å². The van der Waals surface area contributed by atoms with E-state index >= 15 is 0 Å². The fourth-order valence-electron chi connectivity index (χ4n) is 1.72. The van der Waals surface area contributed by atoms with Gasteiger partial charge < -0.3 is 0 Å². The van der Waals surface area contributed by atoms with Gasteiger partial charge in [0.1, 0.15) is 0 Å². The number of rotatable bonds is 5. The maximum atomic E-state index is 12.1. The molecule has 0 spiro atoms. The minimum absolute atomic E-state index is 0.0614. The van der Waals surface area contributed by atoms with Crippen LogP contribution in [0.4, 0.5) is 5.69 Å². The Bertz CT molecular complexity index is 869. The van der Waals surface area contributed by atoms with Crippen molar-refractivity contribution in [1.29, 1.82) is 5.26 Å². The maximum Gasteiger partial charge on any atom is 0.238 e. The summed E-state index contributed by atoms with van der Waals surface area (Å²) >= 11 is 0. The Kier molecular flexibility index (Phi) is 4.95. The number of ketones is 1. The fraction of sp³-hybridized carbons (Fsp3) is 0.0667. The average Bonchev–Trinajstić information content (AvgIpc) is 2.55. The molecule has 0 aromatic heterocycles. The molecule has 2 aromatic rings. The standard InChI is InChI=1S/C15H12N4O3S/c16-10-14(15(20)11-4-2-1-3-5-11)19-18-12-6-8-13(9-7-12)23(17,21)22/h1-9,14H,(H2,17,21,22)/b19-18+. The van der Waals surface area contributed by atoms with Gasteiger partial charge in [-0.2, -0.15) is 15.5 Å². The van der Waals surface area contributed by atoms with Crippen LogP contribution < -0.4 is 5.14 Å². The van der Waals surface area contributed by atoms with Crippen LogP contribution in [0.2, 0.25) is 0 Å². The summed E-state index contributed by atoms with van der Waals surface area (Å²) in [5.41, 5.74) is 0.668. The quantitative estimate of drug-likeness (QED) is 0.666. The van der Waals surface area contributed by atoms with Crippen LogP contribution in [0.25, 0.3) is 0 Å². The maximum absolute atomic E-state index is 12.1. The van der Waals surface area contributed by atoms with Crippen molar-refractivity contribution in [3.63, 3.8) is 0 Å². The molecule has 7 nitrogen and oxygen atoms in total. The highest BCUT2D eigenvalue weighted by Gasteiger charge is 2.18. The second-order valence-electron chi connectivity index (χ2n) is 4.52. The molecule has 23 heavy (non-hydrogen) atoms. The summed E-state index contributed by atoms with van der Waals surface area (Å²) in [5, 5.41) is 21.6. The number of azo groups is 1. The van der Waals surface area contributed by atoms with E-state index in [1.54, 1.807) is 36.4 Å². The summed E-state index contributed by atoms with van der Waals surface area (Å²) in [5.74, 6) is -0.460. The zero-order chi connectivity index (χ0) is 16.9. The third-order valence-corrected chi connectivity index (χ3v) is 3.81. The van der Waals surface area contributed by atoms with Gasteiger partial charge in [-0.1, -0.05) is 30.3 Å². The summed E-state index contributed by atoms with van der Waals surface area (Å²) in [6.07, 6.45) is 0. The van der Waals surface area contributed by atoms with E-state index in [2.05, 4.69) is 10.2 Å². The lowest BCUT2D eigenvalue weighted by atomic mass is 10.1. The smallest absolute Gasteiger partial charge is 0.238 e. The van der Waals surface area contributed by atoms with E-state index in [1.165, 1.54) is 24.3 Å². The molecule has 116 valence electrons. The van der Waals surface area contributed by atoms with Gasteiger partial charge in [-0.25, -0.2) is 13.6 Å². The first kappa shape index (κ1) is 16.5. The number of hydrogen-bond donors (Lipinski definition) is 1. The molecule has 0 radical (unpaired) electrons. The van der Waals surface area contributed by atoms with Crippen molar-refractivity contribution >= 4 is 21.5 Å². The van der Waals surface area contributed by atoms with Gasteiger partial charge in [-0.3, -0.25) is 4.79 Å². The number of carbonyl (C=O) groups is 1. The van der Waals surface area contributed by atoms with E-state index in [4.69, 9.17) is 10.4 Å². The summed E-state index contributed by atoms with van der Waals surface area (Å²) < 4.78 is 22.3. The summed E-state index contributed by atoms with van der Waals surface area (Å²) in [7, 11) is -3.78. The first-order valence-electron chi connectivity index (χ1n) is 6.44. The van der Waals surface area contributed by atoms with Crippen molar-refractivity contribution in [1.82, 2.24) is 0 Å². The molecule has 0 fully saturated rings. The first-order chi connectivity index (χ1) is 10.9. The zero-order valence-electron chi connectivity index (χ0n) is 11.8. The van der Waals surface area contributed by atoms with Crippen LogP contribution in [0.3, 0.4) is 0 Å². The number of primary sulfonamides is 1. The van der Waals surface area contributed by atoms with E-state index in [9.17, 15) is 13.2 Å². The first-order valence-corrected chi connectivity index (χ1v) is 7.99. The van der Waals surface area contributed by atoms with E-state index in [0.717, 1.165) is 0 Å². The predicted molar refractivity (Wildman–Crippen MR) is 82.5 cm³/mol. The molecule has 0 aliphatic heterocycles. The molecule has 0 aliphatic rings. The largest absolute Gasteiger partial charge is 0.290 e. The molecule has 8 heteroatoms. The lowest BCUT2D eigenvalue weighted by Crippen LogP contribution is -2.16. The molecule has 0 amide bonds. The van der Waals surface area contributed by atoms with Crippen molar-refractivity contribution in [2.45, 2.75) is 10.9 Å². The van der Waals surface area contributed by atoms with Gasteiger partial charge in [0.15, 0.2) is 0 Å². The number of nitrogens with zero attached hydrogens (tertiary/aromatic N) is 3. The molecule has 0 heterocycles. The molecule has 0 saturated heterocycles. The van der Waals surface area contributed by atoms with Gasteiger partial charge in [0.2, 0.25) is 21.8 Å². The minimum Gasteiger partial charge on any atom is -0.290 e. The Labute approximate surface area is 133 Å². The molecular formula is C15H12N4O3S. The van der Waals surface area contributed by atoms with Crippen molar-refractivity contribution in [3.05, 3.63) is 60.2 Å². The highest BCUT2D eigenvalue weighted by Crippen LogP contribution is 2.17. The Hall–Kier alpha value is -2.89. The Balaban J connectivity index is 2.18.